The molecule has 0 spiro atoms. The van der Waals surface area contributed by atoms with Gasteiger partial charge >= 0.3 is 0 Å². The van der Waals surface area contributed by atoms with E-state index >= 15 is 0 Å². The second kappa shape index (κ2) is 6.82. The molecule has 112 valence electrons. The molecule has 0 radical (unpaired) electrons. The van der Waals surface area contributed by atoms with E-state index in [0.29, 0.717) is 10.9 Å². The van der Waals surface area contributed by atoms with Crippen molar-refractivity contribution < 1.29 is 4.74 Å². The number of nitrogens with two attached hydrogens (primary N) is 1. The number of hydrogen-bond donors (Lipinski definition) is 1. The van der Waals surface area contributed by atoms with Crippen molar-refractivity contribution in [3.63, 3.8) is 0 Å². The van der Waals surface area contributed by atoms with E-state index in [1.165, 1.54) is 25.7 Å². The average molecular weight is 296 g/mol. The van der Waals surface area contributed by atoms with Gasteiger partial charge in [-0.25, -0.2) is 0 Å². The lowest BCUT2D eigenvalue weighted by atomic mass is 9.73. The van der Waals surface area contributed by atoms with Gasteiger partial charge in [0, 0.05) is 6.04 Å². The lowest BCUT2D eigenvalue weighted by Crippen LogP contribution is -2.27. The number of methoxy groups -OCH3 is 1. The first-order valence-corrected chi connectivity index (χ1v) is 7.99. The molecule has 0 heterocycles. The molecule has 1 fully saturated rings. The van der Waals surface area contributed by atoms with Crippen molar-refractivity contribution >= 4 is 11.6 Å². The van der Waals surface area contributed by atoms with Crippen LogP contribution in [0.15, 0.2) is 18.2 Å². The molecule has 0 amide bonds. The molecule has 2 N–H and O–H groups in total. The molecular weight excluding hydrogens is 270 g/mol. The van der Waals surface area contributed by atoms with Gasteiger partial charge in [0.1, 0.15) is 5.75 Å². The summed E-state index contributed by atoms with van der Waals surface area (Å²) in [4.78, 5) is 0. The Bertz CT molecular complexity index is 439. The van der Waals surface area contributed by atoms with Crippen LogP contribution in [0.25, 0.3) is 0 Å². The van der Waals surface area contributed by atoms with E-state index < -0.39 is 0 Å². The van der Waals surface area contributed by atoms with Crippen LogP contribution in [0.5, 0.6) is 5.75 Å². The Hall–Kier alpha value is -0.730. The summed E-state index contributed by atoms with van der Waals surface area (Å²) >= 11 is 6.07. The summed E-state index contributed by atoms with van der Waals surface area (Å²) in [5.41, 5.74) is 7.60. The molecule has 1 aliphatic rings. The highest BCUT2D eigenvalue weighted by molar-refractivity contribution is 6.32. The highest BCUT2D eigenvalue weighted by atomic mass is 35.5. The smallest absolute Gasteiger partial charge is 0.137 e. The van der Waals surface area contributed by atoms with Crippen molar-refractivity contribution in [3.8, 4) is 5.75 Å². The minimum atomic E-state index is 0.0919. The van der Waals surface area contributed by atoms with Crippen LogP contribution in [0.3, 0.4) is 0 Å². The van der Waals surface area contributed by atoms with Gasteiger partial charge in [-0.1, -0.05) is 31.5 Å². The molecule has 1 aliphatic carbocycles. The van der Waals surface area contributed by atoms with E-state index in [4.69, 9.17) is 22.1 Å². The van der Waals surface area contributed by atoms with Crippen LogP contribution in [0, 0.1) is 17.8 Å². The Morgan fingerprint density at radius 2 is 1.75 bits per heavy atom. The van der Waals surface area contributed by atoms with Crippen LogP contribution in [0.1, 0.15) is 51.1 Å². The van der Waals surface area contributed by atoms with Gasteiger partial charge in [-0.2, -0.15) is 0 Å². The Labute approximate surface area is 127 Å². The topological polar surface area (TPSA) is 35.2 Å². The number of ether oxygens (including phenoxy) is 1. The van der Waals surface area contributed by atoms with Gasteiger partial charge in [0.25, 0.3) is 0 Å². The summed E-state index contributed by atoms with van der Waals surface area (Å²) in [6.45, 7) is 4.66. The molecule has 1 aromatic carbocycles. The molecule has 1 unspecified atom stereocenters. The lowest BCUT2D eigenvalue weighted by molar-refractivity contribution is 0.203. The molecule has 2 nitrogen and oxygen atoms in total. The minimum absolute atomic E-state index is 0.0919. The van der Waals surface area contributed by atoms with Crippen LogP contribution >= 0.6 is 11.6 Å². The highest BCUT2D eigenvalue weighted by Gasteiger charge is 2.28. The maximum absolute atomic E-state index is 6.47. The second-order valence-corrected chi connectivity index (χ2v) is 6.75. The van der Waals surface area contributed by atoms with E-state index in [0.717, 1.165) is 23.1 Å². The largest absolute Gasteiger partial charge is 0.495 e. The molecule has 1 atom stereocenters. The Morgan fingerprint density at radius 1 is 1.15 bits per heavy atom. The van der Waals surface area contributed by atoms with Crippen molar-refractivity contribution in [1.82, 2.24) is 0 Å². The quantitative estimate of drug-likeness (QED) is 0.865. The molecule has 0 bridgehead atoms. The average Bonchev–Trinajstić information content (AvgIpc) is 2.47. The molecule has 3 heteroatoms. The number of rotatable bonds is 4. The fourth-order valence-electron chi connectivity index (χ4n) is 3.33. The number of benzene rings is 1. The van der Waals surface area contributed by atoms with Gasteiger partial charge in [0.05, 0.1) is 12.1 Å². The van der Waals surface area contributed by atoms with E-state index in [-0.39, 0.29) is 6.04 Å². The van der Waals surface area contributed by atoms with E-state index in [2.05, 4.69) is 13.8 Å². The Kier molecular flexibility index (Phi) is 5.34. The molecule has 1 aromatic rings. The molecule has 0 aromatic heterocycles. The predicted octanol–water partition coefficient (Wildman–Crippen LogP) is 4.81. The van der Waals surface area contributed by atoms with E-state index in [1.54, 1.807) is 7.11 Å². The van der Waals surface area contributed by atoms with Crippen molar-refractivity contribution in [1.29, 1.82) is 0 Å². The predicted molar refractivity (Wildman–Crippen MR) is 85.2 cm³/mol. The van der Waals surface area contributed by atoms with Crippen LogP contribution < -0.4 is 10.5 Å². The summed E-state index contributed by atoms with van der Waals surface area (Å²) < 4.78 is 5.28. The number of halogens is 1. The Balaban J connectivity index is 2.03. The highest BCUT2D eigenvalue weighted by Crippen LogP contribution is 2.39. The summed E-state index contributed by atoms with van der Waals surface area (Å²) in [5, 5.41) is 0.645. The van der Waals surface area contributed by atoms with E-state index in [9.17, 15) is 0 Å². The zero-order valence-corrected chi connectivity index (χ0v) is 13.5. The second-order valence-electron chi connectivity index (χ2n) is 6.34. The van der Waals surface area contributed by atoms with Crippen LogP contribution in [0.4, 0.5) is 0 Å². The SMILES string of the molecule is COc1cc(C(N)C2CCC(C(C)C)CC2)ccc1Cl. The van der Waals surface area contributed by atoms with Gasteiger partial charge in [-0.05, 0) is 61.1 Å². The molecule has 20 heavy (non-hydrogen) atoms. The summed E-state index contributed by atoms with van der Waals surface area (Å²) in [7, 11) is 1.64. The first-order chi connectivity index (χ1) is 9.52. The third kappa shape index (κ3) is 3.48. The Morgan fingerprint density at radius 3 is 2.30 bits per heavy atom. The van der Waals surface area contributed by atoms with Gasteiger partial charge in [0.15, 0.2) is 0 Å². The summed E-state index contributed by atoms with van der Waals surface area (Å²) in [5.74, 6) is 2.97. The van der Waals surface area contributed by atoms with Gasteiger partial charge in [0.2, 0.25) is 0 Å². The van der Waals surface area contributed by atoms with Crippen molar-refractivity contribution in [2.24, 2.45) is 23.5 Å². The lowest BCUT2D eigenvalue weighted by Gasteiger charge is -2.34. The third-order valence-corrected chi connectivity index (χ3v) is 5.14. The molecule has 2 rings (SSSR count). The van der Waals surface area contributed by atoms with Crippen molar-refractivity contribution in [2.45, 2.75) is 45.6 Å². The molecule has 0 aliphatic heterocycles. The zero-order valence-electron chi connectivity index (χ0n) is 12.7. The first kappa shape index (κ1) is 15.7. The molecule has 1 saturated carbocycles. The standard InChI is InChI=1S/C17H26ClNO/c1-11(2)12-4-6-13(7-5-12)17(19)14-8-9-15(18)16(10-14)20-3/h8-13,17H,4-7,19H2,1-3H3. The zero-order chi connectivity index (χ0) is 14.7. The van der Waals surface area contributed by atoms with Crippen molar-refractivity contribution in [3.05, 3.63) is 28.8 Å². The monoisotopic (exact) mass is 295 g/mol. The summed E-state index contributed by atoms with van der Waals surface area (Å²) in [6.07, 6.45) is 5.07. The normalized spacial score (nSPS) is 24.7. The van der Waals surface area contributed by atoms with E-state index in [1.807, 2.05) is 18.2 Å². The van der Waals surface area contributed by atoms with Gasteiger partial charge in [-0.15, -0.1) is 0 Å². The van der Waals surface area contributed by atoms with Crippen LogP contribution in [-0.2, 0) is 0 Å². The maximum atomic E-state index is 6.47. The van der Waals surface area contributed by atoms with Gasteiger partial charge in [-0.3, -0.25) is 0 Å². The molecule has 0 saturated heterocycles. The fraction of sp³-hybridized carbons (Fsp3) is 0.647. The first-order valence-electron chi connectivity index (χ1n) is 7.62. The van der Waals surface area contributed by atoms with Crippen molar-refractivity contribution in [2.75, 3.05) is 7.11 Å². The van der Waals surface area contributed by atoms with Crippen LogP contribution in [0.2, 0.25) is 5.02 Å². The minimum Gasteiger partial charge on any atom is -0.495 e. The van der Waals surface area contributed by atoms with Gasteiger partial charge < -0.3 is 10.5 Å². The maximum Gasteiger partial charge on any atom is 0.137 e. The fourth-order valence-corrected chi connectivity index (χ4v) is 3.52. The summed E-state index contributed by atoms with van der Waals surface area (Å²) in [6, 6.07) is 6.00. The van der Waals surface area contributed by atoms with Crippen LogP contribution in [-0.4, -0.2) is 7.11 Å². The third-order valence-electron chi connectivity index (χ3n) is 4.83. The molecular formula is C17H26ClNO. The number of hydrogen-bond acceptors (Lipinski definition) is 2.